The Bertz CT molecular complexity index is 1190. The van der Waals surface area contributed by atoms with Crippen molar-refractivity contribution in [2.75, 3.05) is 0 Å². The van der Waals surface area contributed by atoms with Gasteiger partial charge in [-0.25, -0.2) is 9.67 Å². The Kier molecular flexibility index (Phi) is 5.01. The van der Waals surface area contributed by atoms with Gasteiger partial charge < -0.3 is 10.3 Å². The molecule has 9 nitrogen and oxygen atoms in total. The van der Waals surface area contributed by atoms with Crippen LogP contribution < -0.4 is 5.32 Å². The summed E-state index contributed by atoms with van der Waals surface area (Å²) < 4.78 is 1.44. The number of para-hydroxylation sites is 2. The minimum Gasteiger partial charge on any atom is -0.340 e. The van der Waals surface area contributed by atoms with Gasteiger partial charge in [0.15, 0.2) is 5.69 Å². The fourth-order valence-corrected chi connectivity index (χ4v) is 3.22. The first-order valence-electron chi connectivity index (χ1n) is 9.48. The van der Waals surface area contributed by atoms with E-state index in [0.29, 0.717) is 11.5 Å². The van der Waals surface area contributed by atoms with Crippen LogP contribution in [0.5, 0.6) is 0 Å². The molecule has 30 heavy (non-hydrogen) atoms. The minimum absolute atomic E-state index is 0.0428. The zero-order valence-electron chi connectivity index (χ0n) is 16.4. The highest BCUT2D eigenvalue weighted by Gasteiger charge is 2.23. The molecule has 0 unspecified atom stereocenters. The van der Waals surface area contributed by atoms with E-state index < -0.39 is 4.92 Å². The van der Waals surface area contributed by atoms with Crippen LogP contribution in [0.3, 0.4) is 0 Å². The van der Waals surface area contributed by atoms with Crippen LogP contribution in [0.1, 0.15) is 36.2 Å². The molecular formula is C21H20N6O3. The smallest absolute Gasteiger partial charge is 0.272 e. The van der Waals surface area contributed by atoms with Gasteiger partial charge in [0, 0.05) is 18.3 Å². The molecule has 2 aromatic heterocycles. The maximum Gasteiger partial charge on any atom is 0.272 e. The van der Waals surface area contributed by atoms with Crippen molar-refractivity contribution in [3.8, 4) is 5.69 Å². The van der Waals surface area contributed by atoms with Crippen molar-refractivity contribution in [1.82, 2.24) is 25.1 Å². The number of aromatic nitrogens is 4. The first kappa shape index (κ1) is 19.3. The van der Waals surface area contributed by atoms with E-state index in [4.69, 9.17) is 0 Å². The summed E-state index contributed by atoms with van der Waals surface area (Å²) in [5, 5.41) is 18.3. The Balaban J connectivity index is 1.57. The number of nitrogens with one attached hydrogen (secondary N) is 2. The molecule has 0 radical (unpaired) electrons. The molecule has 0 bridgehead atoms. The van der Waals surface area contributed by atoms with Gasteiger partial charge in [0.2, 0.25) is 0 Å². The van der Waals surface area contributed by atoms with Crippen molar-refractivity contribution < 1.29 is 9.72 Å². The maximum absolute atomic E-state index is 12.8. The van der Waals surface area contributed by atoms with E-state index in [1.54, 1.807) is 24.4 Å². The molecule has 0 aliphatic heterocycles. The van der Waals surface area contributed by atoms with Gasteiger partial charge in [-0.2, -0.15) is 5.10 Å². The summed E-state index contributed by atoms with van der Waals surface area (Å²) in [6.07, 6.45) is 1.60. The fraction of sp³-hybridized carbons (Fsp3) is 0.190. The van der Waals surface area contributed by atoms with Crippen LogP contribution in [0.25, 0.3) is 16.7 Å². The lowest BCUT2D eigenvalue weighted by atomic mass is 10.0. The van der Waals surface area contributed by atoms with Crippen LogP contribution in [0.2, 0.25) is 0 Å². The van der Waals surface area contributed by atoms with Gasteiger partial charge in [0.25, 0.3) is 11.6 Å². The van der Waals surface area contributed by atoms with Crippen molar-refractivity contribution in [3.63, 3.8) is 0 Å². The summed E-state index contributed by atoms with van der Waals surface area (Å²) in [4.78, 5) is 31.2. The van der Waals surface area contributed by atoms with Crippen LogP contribution in [-0.2, 0) is 0 Å². The number of imidazole rings is 1. The molecule has 1 atom stereocenters. The molecule has 9 heteroatoms. The molecule has 4 rings (SSSR count). The Morgan fingerprint density at radius 2 is 1.97 bits per heavy atom. The minimum atomic E-state index is -0.471. The molecule has 2 heterocycles. The maximum atomic E-state index is 12.8. The van der Waals surface area contributed by atoms with Gasteiger partial charge in [0.1, 0.15) is 5.82 Å². The highest BCUT2D eigenvalue weighted by molar-refractivity contribution is 5.92. The number of hydrogen-bond acceptors (Lipinski definition) is 5. The summed E-state index contributed by atoms with van der Waals surface area (Å²) in [5.74, 6) is 0.421. The van der Waals surface area contributed by atoms with Crippen LogP contribution in [0, 0.1) is 16.0 Å². The molecule has 2 aromatic carbocycles. The van der Waals surface area contributed by atoms with Gasteiger partial charge >= 0.3 is 0 Å². The largest absolute Gasteiger partial charge is 0.340 e. The van der Waals surface area contributed by atoms with E-state index in [2.05, 4.69) is 20.4 Å². The predicted molar refractivity (Wildman–Crippen MR) is 111 cm³/mol. The average molecular weight is 404 g/mol. The molecular weight excluding hydrogens is 384 g/mol. The number of rotatable bonds is 6. The second kappa shape index (κ2) is 7.78. The van der Waals surface area contributed by atoms with Crippen molar-refractivity contribution >= 4 is 22.6 Å². The molecule has 0 fully saturated rings. The number of carbonyl (C=O) groups is 1. The normalized spacial score (nSPS) is 12.2. The Labute approximate surface area is 171 Å². The zero-order valence-corrected chi connectivity index (χ0v) is 16.4. The lowest BCUT2D eigenvalue weighted by Crippen LogP contribution is -2.32. The molecule has 0 saturated carbocycles. The fourth-order valence-electron chi connectivity index (χ4n) is 3.22. The molecule has 0 spiro atoms. The third-order valence-electron chi connectivity index (χ3n) is 4.78. The number of nitro benzene ring substituents is 1. The van der Waals surface area contributed by atoms with Gasteiger partial charge in [-0.05, 0) is 30.2 Å². The van der Waals surface area contributed by atoms with E-state index in [0.717, 1.165) is 11.0 Å². The Morgan fingerprint density at radius 3 is 2.70 bits per heavy atom. The first-order valence-corrected chi connectivity index (χ1v) is 9.48. The molecule has 0 saturated heterocycles. The topological polar surface area (TPSA) is 119 Å². The lowest BCUT2D eigenvalue weighted by molar-refractivity contribution is -0.384. The number of non-ortho nitro benzene ring substituents is 1. The van der Waals surface area contributed by atoms with Crippen molar-refractivity contribution in [2.45, 2.75) is 19.9 Å². The number of amides is 1. The van der Waals surface area contributed by atoms with Crippen LogP contribution in [0.15, 0.2) is 60.8 Å². The van der Waals surface area contributed by atoms with Crippen molar-refractivity contribution in [2.24, 2.45) is 5.92 Å². The number of H-pyrrole nitrogens is 1. The Hall–Kier alpha value is -4.01. The van der Waals surface area contributed by atoms with E-state index in [1.165, 1.54) is 16.8 Å². The number of nitro groups is 1. The van der Waals surface area contributed by atoms with E-state index in [9.17, 15) is 14.9 Å². The van der Waals surface area contributed by atoms with Crippen LogP contribution in [-0.4, -0.2) is 30.6 Å². The molecule has 152 valence electrons. The quantitative estimate of drug-likeness (QED) is 0.374. The van der Waals surface area contributed by atoms with Gasteiger partial charge in [-0.1, -0.05) is 32.0 Å². The molecule has 0 aliphatic rings. The van der Waals surface area contributed by atoms with Crippen LogP contribution in [0.4, 0.5) is 5.69 Å². The number of fused-ring (bicyclic) bond motifs is 1. The number of aromatic amines is 1. The second-order valence-electron chi connectivity index (χ2n) is 7.26. The van der Waals surface area contributed by atoms with Gasteiger partial charge in [0.05, 0.1) is 27.7 Å². The summed E-state index contributed by atoms with van der Waals surface area (Å²) in [5.41, 5.74) is 2.41. The third kappa shape index (κ3) is 3.77. The standard InChI is InChI=1S/C21H20N6O3/c1-13(2)19(20-22-16-8-3-4-9-17(16)23-20)24-21(28)18-10-11-26(25-18)14-6-5-7-15(12-14)27(29)30/h3-13,19H,1-2H3,(H,22,23)(H,24,28)/t19-/m0/s1. The van der Waals surface area contributed by atoms with Crippen molar-refractivity contribution in [1.29, 1.82) is 0 Å². The number of hydrogen-bond donors (Lipinski definition) is 2. The highest BCUT2D eigenvalue weighted by atomic mass is 16.6. The van der Waals surface area contributed by atoms with Crippen molar-refractivity contribution in [3.05, 3.63) is 82.4 Å². The summed E-state index contributed by atoms with van der Waals surface area (Å²) in [6, 6.07) is 15.0. The molecule has 0 aliphatic carbocycles. The number of benzene rings is 2. The monoisotopic (exact) mass is 404 g/mol. The van der Waals surface area contributed by atoms with E-state index >= 15 is 0 Å². The van der Waals surface area contributed by atoms with Gasteiger partial charge in [-0.15, -0.1) is 0 Å². The van der Waals surface area contributed by atoms with E-state index in [1.807, 2.05) is 38.1 Å². The highest BCUT2D eigenvalue weighted by Crippen LogP contribution is 2.23. The third-order valence-corrected chi connectivity index (χ3v) is 4.78. The van der Waals surface area contributed by atoms with Gasteiger partial charge in [-0.3, -0.25) is 14.9 Å². The molecule has 1 amide bonds. The first-order chi connectivity index (χ1) is 14.4. The number of nitrogens with zero attached hydrogens (tertiary/aromatic N) is 4. The molecule has 4 aromatic rings. The second-order valence-corrected chi connectivity index (χ2v) is 7.26. The zero-order chi connectivity index (χ0) is 21.3. The predicted octanol–water partition coefficient (Wildman–Crippen LogP) is 3.78. The Morgan fingerprint density at radius 1 is 1.17 bits per heavy atom. The van der Waals surface area contributed by atoms with Crippen LogP contribution >= 0.6 is 0 Å². The summed E-state index contributed by atoms with van der Waals surface area (Å²) in [7, 11) is 0. The van der Waals surface area contributed by atoms with E-state index in [-0.39, 0.29) is 29.2 Å². The lowest BCUT2D eigenvalue weighted by Gasteiger charge is -2.19. The average Bonchev–Trinajstić information content (AvgIpc) is 3.39. The number of carbonyl (C=O) groups excluding carboxylic acids is 1. The summed E-state index contributed by atoms with van der Waals surface area (Å²) in [6.45, 7) is 4.00. The summed E-state index contributed by atoms with van der Waals surface area (Å²) >= 11 is 0. The molecule has 2 N–H and O–H groups in total. The SMILES string of the molecule is CC(C)[C@H](NC(=O)c1ccn(-c2cccc([N+](=O)[O-])c2)n1)c1nc2ccccc2[nH]1.